The molecule has 0 aromatic rings. The fourth-order valence-corrected chi connectivity index (χ4v) is 2.00. The largest absolute Gasteiger partial charge is 0.480 e. The summed E-state index contributed by atoms with van der Waals surface area (Å²) in [5.41, 5.74) is 5.39. The molecule has 1 aliphatic rings. The Balaban J connectivity index is 2.16. The lowest BCUT2D eigenvalue weighted by atomic mass is 9.88. The van der Waals surface area contributed by atoms with Crippen molar-refractivity contribution in [3.8, 4) is 0 Å². The topological polar surface area (TPSA) is 72.5 Å². The summed E-state index contributed by atoms with van der Waals surface area (Å²) >= 11 is 0. The van der Waals surface area contributed by atoms with E-state index in [4.69, 9.17) is 15.6 Å². The Morgan fingerprint density at radius 2 is 2.20 bits per heavy atom. The average molecular weight is 215 g/mol. The number of rotatable bonds is 5. The number of carboxylic acids is 1. The van der Waals surface area contributed by atoms with Gasteiger partial charge in [-0.25, -0.2) is 0 Å². The summed E-state index contributed by atoms with van der Waals surface area (Å²) in [7, 11) is 0. The van der Waals surface area contributed by atoms with Crippen LogP contribution in [0, 0.1) is 5.92 Å². The zero-order chi connectivity index (χ0) is 11.3. The van der Waals surface area contributed by atoms with Crippen LogP contribution in [-0.2, 0) is 9.53 Å². The highest BCUT2D eigenvalue weighted by atomic mass is 16.5. The Morgan fingerprint density at radius 3 is 2.80 bits per heavy atom. The average Bonchev–Trinajstić information content (AvgIpc) is 2.20. The Bertz CT molecular complexity index is 208. The molecule has 4 nitrogen and oxygen atoms in total. The Morgan fingerprint density at radius 1 is 1.53 bits per heavy atom. The Hall–Kier alpha value is -0.610. The highest BCUT2D eigenvalue weighted by Gasteiger charge is 2.22. The van der Waals surface area contributed by atoms with Crippen LogP contribution < -0.4 is 5.73 Å². The standard InChI is InChI=1S/C11H21NO3/c1-8-4-2-3-5-10(8)15-7-6-9(12)11(13)14/h8-10H,2-7,12H2,1H3,(H,13,14). The third-order valence-corrected chi connectivity index (χ3v) is 3.11. The minimum atomic E-state index is -0.949. The molecule has 0 aromatic heterocycles. The maximum atomic E-state index is 10.5. The second-order valence-electron chi connectivity index (χ2n) is 4.40. The van der Waals surface area contributed by atoms with E-state index in [1.165, 1.54) is 19.3 Å². The fourth-order valence-electron chi connectivity index (χ4n) is 2.00. The van der Waals surface area contributed by atoms with Crippen molar-refractivity contribution < 1.29 is 14.6 Å². The second-order valence-corrected chi connectivity index (χ2v) is 4.40. The van der Waals surface area contributed by atoms with Gasteiger partial charge < -0.3 is 15.6 Å². The lowest BCUT2D eigenvalue weighted by Crippen LogP contribution is -2.33. The molecule has 88 valence electrons. The Labute approximate surface area is 90.8 Å². The Kier molecular flexibility index (Phi) is 5.05. The van der Waals surface area contributed by atoms with E-state index in [0.717, 1.165) is 6.42 Å². The van der Waals surface area contributed by atoms with Crippen molar-refractivity contribution in [2.45, 2.75) is 51.2 Å². The minimum absolute atomic E-state index is 0.305. The van der Waals surface area contributed by atoms with Crippen LogP contribution in [0.25, 0.3) is 0 Å². The van der Waals surface area contributed by atoms with Gasteiger partial charge in [-0.05, 0) is 25.2 Å². The van der Waals surface area contributed by atoms with Crippen molar-refractivity contribution in [1.82, 2.24) is 0 Å². The van der Waals surface area contributed by atoms with Crippen LogP contribution in [0.15, 0.2) is 0 Å². The SMILES string of the molecule is CC1CCCCC1OCCC(N)C(=O)O. The van der Waals surface area contributed by atoms with Gasteiger partial charge in [-0.2, -0.15) is 0 Å². The van der Waals surface area contributed by atoms with Crippen molar-refractivity contribution >= 4 is 5.97 Å². The number of nitrogens with two attached hydrogens (primary N) is 1. The molecule has 4 heteroatoms. The number of hydrogen-bond acceptors (Lipinski definition) is 3. The van der Waals surface area contributed by atoms with Gasteiger partial charge in [0, 0.05) is 6.61 Å². The summed E-state index contributed by atoms with van der Waals surface area (Å²) in [6.07, 6.45) is 5.53. The van der Waals surface area contributed by atoms with E-state index >= 15 is 0 Å². The monoisotopic (exact) mass is 215 g/mol. The van der Waals surface area contributed by atoms with E-state index in [9.17, 15) is 4.79 Å². The van der Waals surface area contributed by atoms with Crippen LogP contribution in [-0.4, -0.2) is 29.8 Å². The number of carbonyl (C=O) groups is 1. The van der Waals surface area contributed by atoms with Crippen LogP contribution in [0.5, 0.6) is 0 Å². The molecule has 3 unspecified atom stereocenters. The lowest BCUT2D eigenvalue weighted by molar-refractivity contribution is -0.139. The molecule has 0 spiro atoms. The number of aliphatic carboxylic acids is 1. The highest BCUT2D eigenvalue weighted by molar-refractivity contribution is 5.72. The first kappa shape index (κ1) is 12.5. The maximum Gasteiger partial charge on any atom is 0.320 e. The molecular formula is C11H21NO3. The molecule has 0 amide bonds. The van der Waals surface area contributed by atoms with Crippen molar-refractivity contribution in [3.63, 3.8) is 0 Å². The summed E-state index contributed by atoms with van der Waals surface area (Å²) in [5.74, 6) is -0.352. The van der Waals surface area contributed by atoms with Gasteiger partial charge in [0.25, 0.3) is 0 Å². The smallest absolute Gasteiger partial charge is 0.320 e. The first-order chi connectivity index (χ1) is 7.11. The van der Waals surface area contributed by atoms with Gasteiger partial charge in [-0.3, -0.25) is 4.79 Å². The van der Waals surface area contributed by atoms with Crippen LogP contribution >= 0.6 is 0 Å². The van der Waals surface area contributed by atoms with Gasteiger partial charge in [0.15, 0.2) is 0 Å². The fraction of sp³-hybridized carbons (Fsp3) is 0.909. The minimum Gasteiger partial charge on any atom is -0.480 e. The summed E-state index contributed by atoms with van der Waals surface area (Å²) in [6, 6.07) is -0.788. The van der Waals surface area contributed by atoms with Crippen molar-refractivity contribution in [1.29, 1.82) is 0 Å². The molecule has 1 saturated carbocycles. The number of carboxylic acid groups (broad SMARTS) is 1. The van der Waals surface area contributed by atoms with E-state index in [1.807, 2.05) is 0 Å². The second kappa shape index (κ2) is 6.08. The third-order valence-electron chi connectivity index (χ3n) is 3.11. The quantitative estimate of drug-likeness (QED) is 0.726. The summed E-state index contributed by atoms with van der Waals surface area (Å²) in [6.45, 7) is 2.66. The molecule has 3 atom stereocenters. The third kappa shape index (κ3) is 4.18. The van der Waals surface area contributed by atoms with E-state index in [-0.39, 0.29) is 0 Å². The maximum absolute atomic E-state index is 10.5. The highest BCUT2D eigenvalue weighted by Crippen LogP contribution is 2.26. The van der Waals surface area contributed by atoms with Gasteiger partial charge in [-0.1, -0.05) is 19.8 Å². The van der Waals surface area contributed by atoms with Gasteiger partial charge in [0.2, 0.25) is 0 Å². The number of ether oxygens (including phenoxy) is 1. The van der Waals surface area contributed by atoms with E-state index in [2.05, 4.69) is 6.92 Å². The van der Waals surface area contributed by atoms with Gasteiger partial charge in [0.1, 0.15) is 6.04 Å². The van der Waals surface area contributed by atoms with Crippen LogP contribution in [0.2, 0.25) is 0 Å². The molecule has 1 rings (SSSR count). The molecule has 0 aliphatic heterocycles. The lowest BCUT2D eigenvalue weighted by Gasteiger charge is -2.28. The van der Waals surface area contributed by atoms with Crippen LogP contribution in [0.1, 0.15) is 39.0 Å². The van der Waals surface area contributed by atoms with Gasteiger partial charge >= 0.3 is 5.97 Å². The molecule has 0 bridgehead atoms. The molecule has 3 N–H and O–H groups in total. The van der Waals surface area contributed by atoms with E-state index in [1.54, 1.807) is 0 Å². The summed E-state index contributed by atoms with van der Waals surface area (Å²) < 4.78 is 5.67. The normalized spacial score (nSPS) is 28.7. The van der Waals surface area contributed by atoms with Crippen molar-refractivity contribution in [2.24, 2.45) is 11.7 Å². The first-order valence-corrected chi connectivity index (χ1v) is 5.71. The van der Waals surface area contributed by atoms with E-state index < -0.39 is 12.0 Å². The van der Waals surface area contributed by atoms with Gasteiger partial charge in [-0.15, -0.1) is 0 Å². The summed E-state index contributed by atoms with van der Waals surface area (Å²) in [5, 5.41) is 8.59. The summed E-state index contributed by atoms with van der Waals surface area (Å²) in [4.78, 5) is 10.5. The molecule has 0 saturated heterocycles. The van der Waals surface area contributed by atoms with E-state index in [0.29, 0.717) is 25.0 Å². The van der Waals surface area contributed by atoms with Crippen LogP contribution in [0.3, 0.4) is 0 Å². The first-order valence-electron chi connectivity index (χ1n) is 5.71. The molecule has 0 radical (unpaired) electrons. The zero-order valence-electron chi connectivity index (χ0n) is 9.32. The predicted molar refractivity (Wildman–Crippen MR) is 57.6 cm³/mol. The van der Waals surface area contributed by atoms with Crippen molar-refractivity contribution in [2.75, 3.05) is 6.61 Å². The molecule has 1 aliphatic carbocycles. The molecule has 15 heavy (non-hydrogen) atoms. The van der Waals surface area contributed by atoms with Crippen molar-refractivity contribution in [3.05, 3.63) is 0 Å². The molecule has 1 fully saturated rings. The molecule has 0 aromatic carbocycles. The molecular weight excluding hydrogens is 194 g/mol. The predicted octanol–water partition coefficient (Wildman–Crippen LogP) is 1.38. The number of hydrogen-bond donors (Lipinski definition) is 2. The zero-order valence-corrected chi connectivity index (χ0v) is 9.32. The molecule has 0 heterocycles. The van der Waals surface area contributed by atoms with Crippen LogP contribution in [0.4, 0.5) is 0 Å². The van der Waals surface area contributed by atoms with Gasteiger partial charge in [0.05, 0.1) is 6.10 Å².